The van der Waals surface area contributed by atoms with Crippen molar-refractivity contribution in [3.8, 4) is 5.75 Å². The second-order valence-corrected chi connectivity index (χ2v) is 7.88. The van der Waals surface area contributed by atoms with Crippen LogP contribution in [0, 0.1) is 12.7 Å². The number of rotatable bonds is 11. The van der Waals surface area contributed by atoms with Crippen LogP contribution < -0.4 is 21.1 Å². The van der Waals surface area contributed by atoms with Crippen molar-refractivity contribution >= 4 is 22.8 Å². The van der Waals surface area contributed by atoms with Gasteiger partial charge in [0, 0.05) is 30.1 Å². The number of carbonyl (C=O) groups excluding carboxylic acids is 2. The zero-order valence-corrected chi connectivity index (χ0v) is 19.5. The first-order valence-corrected chi connectivity index (χ1v) is 11.3. The van der Waals surface area contributed by atoms with Crippen LogP contribution in [0.3, 0.4) is 0 Å². The van der Waals surface area contributed by atoms with E-state index in [0.29, 0.717) is 28.9 Å². The monoisotopic (exact) mass is 492 g/mol. The zero-order valence-electron chi connectivity index (χ0n) is 19.5. The lowest BCUT2D eigenvalue weighted by molar-refractivity contribution is 0.0106. The molecule has 9 nitrogen and oxygen atoms in total. The Morgan fingerprint density at radius 3 is 2.69 bits per heavy atom. The smallest absolute Gasteiger partial charge is 0.394 e. The van der Waals surface area contributed by atoms with Gasteiger partial charge < -0.3 is 19.3 Å². The Hall–Kier alpha value is -4.28. The Morgan fingerprint density at radius 2 is 1.92 bits per heavy atom. The van der Waals surface area contributed by atoms with Gasteiger partial charge in [-0.25, -0.2) is 9.18 Å². The molecular formula is C26H25FN4O5. The largest absolute Gasteiger partial charge is 0.493 e. The number of benzene rings is 2. The number of aromatic nitrogens is 1. The van der Waals surface area contributed by atoms with E-state index in [9.17, 15) is 14.0 Å². The van der Waals surface area contributed by atoms with Crippen molar-refractivity contribution in [1.82, 2.24) is 21.3 Å². The Bertz CT molecular complexity index is 1330. The molecule has 2 heterocycles. The number of nitrogens with one attached hydrogen (secondary N) is 3. The van der Waals surface area contributed by atoms with Gasteiger partial charge in [0.25, 0.3) is 5.91 Å². The summed E-state index contributed by atoms with van der Waals surface area (Å²) in [4.78, 5) is 33.6. The summed E-state index contributed by atoms with van der Waals surface area (Å²) in [5, 5.41) is 4.01. The van der Waals surface area contributed by atoms with E-state index in [0.717, 1.165) is 37.2 Å². The quantitative estimate of drug-likeness (QED) is 0.214. The lowest BCUT2D eigenvalue weighted by Gasteiger charge is -2.09. The number of nitrogens with zero attached hydrogens (tertiary/aromatic N) is 1. The summed E-state index contributed by atoms with van der Waals surface area (Å²) in [7, 11) is 0. The standard InChI is InChI=1S/C26H25FN4O5/c1-17-23-21(34-14-4-13-29-16-18-5-3-12-28-15-18)6-2-7-22(23)35-24(17)26(33)36-31-30-25(32)19-8-10-20(27)11-9-19/h2-3,5-12,15,29,31H,4,13-14,16H2,1H3,(H,30,32). The van der Waals surface area contributed by atoms with Gasteiger partial charge in [0.1, 0.15) is 17.1 Å². The summed E-state index contributed by atoms with van der Waals surface area (Å²) in [6.07, 6.45) is 4.34. The number of halogens is 1. The van der Waals surface area contributed by atoms with E-state index >= 15 is 0 Å². The molecule has 4 aromatic rings. The van der Waals surface area contributed by atoms with E-state index in [4.69, 9.17) is 14.0 Å². The minimum atomic E-state index is -0.825. The van der Waals surface area contributed by atoms with E-state index in [1.54, 1.807) is 25.3 Å². The first kappa shape index (κ1) is 24.8. The van der Waals surface area contributed by atoms with Crippen LogP contribution >= 0.6 is 0 Å². The first-order chi connectivity index (χ1) is 17.5. The molecule has 0 bridgehead atoms. The summed E-state index contributed by atoms with van der Waals surface area (Å²) in [5.41, 5.74) is 6.64. The number of hydrazine groups is 1. The molecule has 10 heteroatoms. The molecule has 0 radical (unpaired) electrons. The Kier molecular flexibility index (Phi) is 8.22. The van der Waals surface area contributed by atoms with Crippen molar-refractivity contribution in [2.45, 2.75) is 19.9 Å². The number of ether oxygens (including phenoxy) is 1. The van der Waals surface area contributed by atoms with E-state index in [1.807, 2.05) is 24.4 Å². The number of hydrogen-bond acceptors (Lipinski definition) is 8. The van der Waals surface area contributed by atoms with Gasteiger partial charge in [0.15, 0.2) is 0 Å². The maximum atomic E-state index is 13.0. The summed E-state index contributed by atoms with van der Waals surface area (Å²) in [6, 6.07) is 14.1. The van der Waals surface area contributed by atoms with Crippen LogP contribution in [0.2, 0.25) is 0 Å². The van der Waals surface area contributed by atoms with Gasteiger partial charge in [-0.05, 0) is 67.9 Å². The molecule has 0 aliphatic heterocycles. The number of aryl methyl sites for hydroxylation is 1. The number of carbonyl (C=O) groups is 2. The molecule has 3 N–H and O–H groups in total. The number of hydrogen-bond donors (Lipinski definition) is 3. The van der Waals surface area contributed by atoms with Crippen LogP contribution in [0.1, 0.15) is 38.5 Å². The topological polar surface area (TPSA) is 115 Å². The van der Waals surface area contributed by atoms with Crippen LogP contribution in [0.4, 0.5) is 4.39 Å². The molecule has 186 valence electrons. The fourth-order valence-electron chi connectivity index (χ4n) is 3.53. The van der Waals surface area contributed by atoms with Gasteiger partial charge >= 0.3 is 5.97 Å². The number of amides is 1. The minimum absolute atomic E-state index is 0.0253. The van der Waals surface area contributed by atoms with Crippen LogP contribution in [0.5, 0.6) is 5.75 Å². The minimum Gasteiger partial charge on any atom is -0.493 e. The highest BCUT2D eigenvalue weighted by atomic mass is 19.1. The van der Waals surface area contributed by atoms with Gasteiger partial charge in [-0.1, -0.05) is 17.7 Å². The summed E-state index contributed by atoms with van der Waals surface area (Å²) in [6.45, 7) is 3.69. The predicted octanol–water partition coefficient (Wildman–Crippen LogP) is 3.84. The number of pyridine rings is 1. The fraction of sp³-hybridized carbons (Fsp3) is 0.192. The first-order valence-electron chi connectivity index (χ1n) is 11.3. The highest BCUT2D eigenvalue weighted by Crippen LogP contribution is 2.33. The maximum Gasteiger partial charge on any atom is 0.394 e. The Balaban J connectivity index is 1.29. The van der Waals surface area contributed by atoms with Crippen LogP contribution in [0.25, 0.3) is 11.0 Å². The average molecular weight is 493 g/mol. The Labute approximate surface area is 206 Å². The fourth-order valence-corrected chi connectivity index (χ4v) is 3.53. The van der Waals surface area contributed by atoms with Gasteiger partial charge in [-0.2, -0.15) is 0 Å². The van der Waals surface area contributed by atoms with Gasteiger partial charge in [-0.15, -0.1) is 0 Å². The molecule has 0 aliphatic rings. The second-order valence-electron chi connectivity index (χ2n) is 7.88. The maximum absolute atomic E-state index is 13.0. The van der Waals surface area contributed by atoms with Crippen molar-refractivity contribution in [3.63, 3.8) is 0 Å². The molecule has 1 amide bonds. The third-order valence-electron chi connectivity index (χ3n) is 5.32. The van der Waals surface area contributed by atoms with Gasteiger partial charge in [0.05, 0.1) is 12.0 Å². The molecular weight excluding hydrogens is 467 g/mol. The normalized spacial score (nSPS) is 10.8. The molecule has 0 fully saturated rings. The van der Waals surface area contributed by atoms with Crippen molar-refractivity contribution in [2.75, 3.05) is 13.2 Å². The van der Waals surface area contributed by atoms with Crippen molar-refractivity contribution in [2.24, 2.45) is 0 Å². The highest BCUT2D eigenvalue weighted by Gasteiger charge is 2.22. The van der Waals surface area contributed by atoms with Gasteiger partial charge in [-0.3, -0.25) is 15.2 Å². The lowest BCUT2D eigenvalue weighted by Crippen LogP contribution is -2.38. The predicted molar refractivity (Wildman–Crippen MR) is 129 cm³/mol. The number of furan rings is 1. The molecule has 0 atom stereocenters. The van der Waals surface area contributed by atoms with Crippen LogP contribution in [0.15, 0.2) is 71.4 Å². The lowest BCUT2D eigenvalue weighted by atomic mass is 10.1. The third kappa shape index (κ3) is 6.23. The molecule has 0 saturated heterocycles. The molecule has 0 spiro atoms. The van der Waals surface area contributed by atoms with Crippen LogP contribution in [-0.2, 0) is 11.4 Å². The zero-order chi connectivity index (χ0) is 25.3. The van der Waals surface area contributed by atoms with E-state index in [-0.39, 0.29) is 11.3 Å². The molecule has 2 aromatic carbocycles. The molecule has 4 rings (SSSR count). The molecule has 0 unspecified atom stereocenters. The van der Waals surface area contributed by atoms with Crippen molar-refractivity contribution in [3.05, 3.63) is 95.3 Å². The van der Waals surface area contributed by atoms with E-state index in [2.05, 4.69) is 21.3 Å². The van der Waals surface area contributed by atoms with Gasteiger partial charge in [0.2, 0.25) is 5.76 Å². The van der Waals surface area contributed by atoms with E-state index in [1.165, 1.54) is 12.1 Å². The summed E-state index contributed by atoms with van der Waals surface area (Å²) >= 11 is 0. The summed E-state index contributed by atoms with van der Waals surface area (Å²) in [5.74, 6) is -1.32. The molecule has 0 aliphatic carbocycles. The molecule has 2 aromatic heterocycles. The highest BCUT2D eigenvalue weighted by molar-refractivity contribution is 5.98. The molecule has 0 saturated carbocycles. The molecule has 36 heavy (non-hydrogen) atoms. The average Bonchev–Trinajstić information content (AvgIpc) is 3.24. The second kappa shape index (κ2) is 11.9. The van der Waals surface area contributed by atoms with Crippen LogP contribution in [-0.4, -0.2) is 30.0 Å². The SMILES string of the molecule is Cc1c(C(=O)ONNC(=O)c2ccc(F)cc2)oc2cccc(OCCCNCc3cccnc3)c12. The Morgan fingerprint density at radius 1 is 1.08 bits per heavy atom. The third-order valence-corrected chi connectivity index (χ3v) is 5.32. The van der Waals surface area contributed by atoms with E-state index < -0.39 is 17.7 Å². The summed E-state index contributed by atoms with van der Waals surface area (Å²) < 4.78 is 24.6. The number of fused-ring (bicyclic) bond motifs is 1. The van der Waals surface area contributed by atoms with Crippen molar-refractivity contribution < 1.29 is 28.0 Å². The van der Waals surface area contributed by atoms with Crippen molar-refractivity contribution in [1.29, 1.82) is 0 Å².